The highest BCUT2D eigenvalue weighted by molar-refractivity contribution is 7.14. The molecule has 1 heterocycles. The Morgan fingerprint density at radius 2 is 2.06 bits per heavy atom. The zero-order valence-electron chi connectivity index (χ0n) is 9.43. The van der Waals surface area contributed by atoms with Gasteiger partial charge in [-0.05, 0) is 24.3 Å². The molecule has 1 N–H and O–H groups in total. The smallest absolute Gasteiger partial charge is 0.185 e. The molecule has 5 heteroatoms. The molecular weight excluding hydrogens is 239 g/mol. The van der Waals surface area contributed by atoms with Crippen LogP contribution < -0.4 is 4.90 Å². The summed E-state index contributed by atoms with van der Waals surface area (Å²) in [7, 11) is 1.88. The molecule has 0 saturated heterocycles. The Labute approximate surface area is 103 Å². The van der Waals surface area contributed by atoms with Crippen LogP contribution in [0.3, 0.4) is 0 Å². The number of rotatable bonds is 4. The fourth-order valence-electron chi connectivity index (χ4n) is 1.44. The second-order valence-corrected chi connectivity index (χ2v) is 4.50. The van der Waals surface area contributed by atoms with Crippen molar-refractivity contribution in [2.24, 2.45) is 0 Å². The van der Waals surface area contributed by atoms with E-state index in [9.17, 15) is 4.39 Å². The first kappa shape index (κ1) is 12.0. The topological polar surface area (TPSA) is 36.4 Å². The van der Waals surface area contributed by atoms with Gasteiger partial charge in [-0.1, -0.05) is 0 Å². The van der Waals surface area contributed by atoms with E-state index in [-0.39, 0.29) is 12.4 Å². The molecule has 0 spiro atoms. The van der Waals surface area contributed by atoms with Crippen LogP contribution in [-0.2, 0) is 0 Å². The van der Waals surface area contributed by atoms with E-state index in [0.29, 0.717) is 6.54 Å². The highest BCUT2D eigenvalue weighted by atomic mass is 32.1. The SMILES string of the molecule is CN(CCO)c1nc(-c2ccc(F)cc2)cs1. The van der Waals surface area contributed by atoms with Gasteiger partial charge < -0.3 is 10.0 Å². The number of likely N-dealkylation sites (N-methyl/N-ethyl adjacent to an activating group) is 1. The molecule has 0 aliphatic rings. The van der Waals surface area contributed by atoms with Gasteiger partial charge in [0, 0.05) is 24.5 Å². The van der Waals surface area contributed by atoms with E-state index in [0.717, 1.165) is 16.4 Å². The fourth-order valence-corrected chi connectivity index (χ4v) is 2.27. The molecule has 90 valence electrons. The number of benzene rings is 1. The highest BCUT2D eigenvalue weighted by Crippen LogP contribution is 2.26. The van der Waals surface area contributed by atoms with Crippen molar-refractivity contribution in [1.29, 1.82) is 0 Å². The molecule has 0 bridgehead atoms. The lowest BCUT2D eigenvalue weighted by Gasteiger charge is -2.12. The van der Waals surface area contributed by atoms with E-state index in [1.165, 1.54) is 23.5 Å². The van der Waals surface area contributed by atoms with Crippen molar-refractivity contribution >= 4 is 16.5 Å². The Bertz CT molecular complexity index is 484. The minimum Gasteiger partial charge on any atom is -0.395 e. The minimum atomic E-state index is -0.249. The van der Waals surface area contributed by atoms with Crippen LogP contribution in [0.25, 0.3) is 11.3 Å². The van der Waals surface area contributed by atoms with Crippen LogP contribution in [0.4, 0.5) is 9.52 Å². The first-order valence-electron chi connectivity index (χ1n) is 5.24. The summed E-state index contributed by atoms with van der Waals surface area (Å²) in [4.78, 5) is 6.33. The summed E-state index contributed by atoms with van der Waals surface area (Å²) in [5.41, 5.74) is 1.72. The molecule has 2 aromatic rings. The van der Waals surface area contributed by atoms with Crippen molar-refractivity contribution in [2.75, 3.05) is 25.1 Å². The van der Waals surface area contributed by atoms with Crippen LogP contribution in [0.1, 0.15) is 0 Å². The molecule has 0 aliphatic heterocycles. The molecule has 0 saturated carbocycles. The monoisotopic (exact) mass is 252 g/mol. The van der Waals surface area contributed by atoms with Crippen molar-refractivity contribution in [3.05, 3.63) is 35.5 Å². The largest absolute Gasteiger partial charge is 0.395 e. The quantitative estimate of drug-likeness (QED) is 0.907. The third kappa shape index (κ3) is 2.81. The summed E-state index contributed by atoms with van der Waals surface area (Å²) in [6.45, 7) is 0.651. The minimum absolute atomic E-state index is 0.0992. The number of nitrogens with zero attached hydrogens (tertiary/aromatic N) is 2. The van der Waals surface area contributed by atoms with Crippen LogP contribution in [0.5, 0.6) is 0 Å². The standard InChI is InChI=1S/C12H13FN2OS/c1-15(6-7-16)12-14-11(8-17-12)9-2-4-10(13)5-3-9/h2-5,8,16H,6-7H2,1H3. The van der Waals surface area contributed by atoms with Gasteiger partial charge in [0.15, 0.2) is 5.13 Å². The third-order valence-electron chi connectivity index (χ3n) is 2.39. The summed E-state index contributed by atoms with van der Waals surface area (Å²) in [5, 5.41) is 11.6. The summed E-state index contributed by atoms with van der Waals surface area (Å²) in [5.74, 6) is -0.249. The van der Waals surface area contributed by atoms with Gasteiger partial charge in [-0.25, -0.2) is 9.37 Å². The summed E-state index contributed by atoms with van der Waals surface area (Å²) in [6.07, 6.45) is 0. The Morgan fingerprint density at radius 1 is 1.35 bits per heavy atom. The van der Waals surface area contributed by atoms with Crippen molar-refractivity contribution in [2.45, 2.75) is 0 Å². The van der Waals surface area contributed by atoms with Gasteiger partial charge in [0.2, 0.25) is 0 Å². The number of hydrogen-bond acceptors (Lipinski definition) is 4. The molecule has 0 aliphatic carbocycles. The number of anilines is 1. The first-order valence-corrected chi connectivity index (χ1v) is 6.12. The first-order chi connectivity index (χ1) is 8.20. The second kappa shape index (κ2) is 5.25. The summed E-state index contributed by atoms with van der Waals surface area (Å²) in [6, 6.07) is 6.26. The molecule has 3 nitrogen and oxygen atoms in total. The van der Waals surface area contributed by atoms with Gasteiger partial charge >= 0.3 is 0 Å². The van der Waals surface area contributed by atoms with E-state index >= 15 is 0 Å². The van der Waals surface area contributed by atoms with Gasteiger partial charge in [0.05, 0.1) is 12.3 Å². The molecule has 0 radical (unpaired) electrons. The molecule has 0 atom stereocenters. The van der Waals surface area contributed by atoms with E-state index < -0.39 is 0 Å². The van der Waals surface area contributed by atoms with Crippen LogP contribution in [-0.4, -0.2) is 30.3 Å². The molecule has 0 amide bonds. The van der Waals surface area contributed by atoms with Gasteiger partial charge in [-0.3, -0.25) is 0 Å². The van der Waals surface area contributed by atoms with Crippen LogP contribution in [0.15, 0.2) is 29.6 Å². The maximum Gasteiger partial charge on any atom is 0.185 e. The zero-order chi connectivity index (χ0) is 12.3. The Balaban J connectivity index is 2.20. The summed E-state index contributed by atoms with van der Waals surface area (Å²) < 4.78 is 12.8. The van der Waals surface area contributed by atoms with Crippen molar-refractivity contribution in [3.8, 4) is 11.3 Å². The maximum atomic E-state index is 12.8. The van der Waals surface area contributed by atoms with Gasteiger partial charge in [-0.2, -0.15) is 0 Å². The van der Waals surface area contributed by atoms with Gasteiger partial charge in [-0.15, -0.1) is 11.3 Å². The summed E-state index contributed by atoms with van der Waals surface area (Å²) >= 11 is 1.51. The van der Waals surface area contributed by atoms with Crippen molar-refractivity contribution in [1.82, 2.24) is 4.98 Å². The molecule has 1 aromatic heterocycles. The Kier molecular flexibility index (Phi) is 3.71. The molecule has 2 rings (SSSR count). The lowest BCUT2D eigenvalue weighted by molar-refractivity contribution is 0.304. The number of halogens is 1. The normalized spacial score (nSPS) is 10.5. The number of hydrogen-bond donors (Lipinski definition) is 1. The number of thiazole rings is 1. The van der Waals surface area contributed by atoms with E-state index in [1.54, 1.807) is 12.1 Å². The van der Waals surface area contributed by atoms with E-state index in [1.807, 2.05) is 17.3 Å². The number of aliphatic hydroxyl groups excluding tert-OH is 1. The third-order valence-corrected chi connectivity index (χ3v) is 3.35. The van der Waals surface area contributed by atoms with Crippen LogP contribution in [0, 0.1) is 5.82 Å². The van der Waals surface area contributed by atoms with Crippen LogP contribution >= 0.6 is 11.3 Å². The lowest BCUT2D eigenvalue weighted by atomic mass is 10.2. The maximum absolute atomic E-state index is 12.8. The Hall–Kier alpha value is -1.46. The predicted molar refractivity (Wildman–Crippen MR) is 67.9 cm³/mol. The highest BCUT2D eigenvalue weighted by Gasteiger charge is 2.07. The second-order valence-electron chi connectivity index (χ2n) is 3.67. The van der Waals surface area contributed by atoms with Crippen molar-refractivity contribution < 1.29 is 9.50 Å². The molecule has 17 heavy (non-hydrogen) atoms. The number of aromatic nitrogens is 1. The predicted octanol–water partition coefficient (Wildman–Crippen LogP) is 2.38. The molecule has 0 fully saturated rings. The number of aliphatic hydroxyl groups is 1. The average molecular weight is 252 g/mol. The fraction of sp³-hybridized carbons (Fsp3) is 0.250. The van der Waals surface area contributed by atoms with Crippen LogP contribution in [0.2, 0.25) is 0 Å². The Morgan fingerprint density at radius 3 is 2.71 bits per heavy atom. The van der Waals surface area contributed by atoms with Gasteiger partial charge in [0.1, 0.15) is 5.82 Å². The van der Waals surface area contributed by atoms with E-state index in [4.69, 9.17) is 5.11 Å². The molecule has 0 unspecified atom stereocenters. The molecule has 1 aromatic carbocycles. The zero-order valence-corrected chi connectivity index (χ0v) is 10.2. The average Bonchev–Trinajstić information content (AvgIpc) is 2.80. The van der Waals surface area contributed by atoms with Crippen molar-refractivity contribution in [3.63, 3.8) is 0 Å². The van der Waals surface area contributed by atoms with Gasteiger partial charge in [0.25, 0.3) is 0 Å². The lowest BCUT2D eigenvalue weighted by Crippen LogP contribution is -2.20. The van der Waals surface area contributed by atoms with E-state index in [2.05, 4.69) is 4.98 Å². The molecular formula is C12H13FN2OS.